The summed E-state index contributed by atoms with van der Waals surface area (Å²) in [6.07, 6.45) is -1.46. The maximum absolute atomic E-state index is 12.8. The van der Waals surface area contributed by atoms with E-state index in [0.717, 1.165) is 0 Å². The maximum Gasteiger partial charge on any atom is 0.327 e. The lowest BCUT2D eigenvalue weighted by molar-refractivity contribution is -0.141. The van der Waals surface area contributed by atoms with E-state index in [9.17, 15) is 33.6 Å². The number of hydrogen-bond donors (Lipinski definition) is 9. The van der Waals surface area contributed by atoms with Crippen LogP contribution in [0, 0.1) is 0 Å². The summed E-state index contributed by atoms with van der Waals surface area (Å²) >= 11 is 3.83. The lowest BCUT2D eigenvalue weighted by Gasteiger charge is -2.24. The van der Waals surface area contributed by atoms with Crippen LogP contribution >= 0.6 is 12.6 Å². The van der Waals surface area contributed by atoms with Crippen LogP contribution in [-0.2, 0) is 33.6 Å². The van der Waals surface area contributed by atoms with Crippen molar-refractivity contribution in [1.29, 1.82) is 0 Å². The Morgan fingerprint density at radius 3 is 1.35 bits per heavy atom. The largest absolute Gasteiger partial charge is 0.480 e. The molecule has 0 heterocycles. The van der Waals surface area contributed by atoms with Crippen LogP contribution in [0.25, 0.3) is 0 Å². The Labute approximate surface area is 200 Å². The maximum atomic E-state index is 12.8. The van der Waals surface area contributed by atoms with E-state index in [1.807, 2.05) is 0 Å². The summed E-state index contributed by atoms with van der Waals surface area (Å²) in [7, 11) is 0. The number of primary amides is 3. The Morgan fingerprint density at radius 1 is 0.647 bits per heavy atom. The number of nitrogens with one attached hydrogen (secondary N) is 3. The van der Waals surface area contributed by atoms with Gasteiger partial charge < -0.3 is 44.0 Å². The SMILES string of the molecule is NC(=O)CC[C@H](NC(=O)[C@H](CCC(N)=O)NC(=O)[C@@H](N)CCC(N)=O)C(=O)N[C@@H](CS)C(=O)O. The highest BCUT2D eigenvalue weighted by molar-refractivity contribution is 7.80. The van der Waals surface area contributed by atoms with Gasteiger partial charge in [0.25, 0.3) is 0 Å². The van der Waals surface area contributed by atoms with Crippen LogP contribution in [0.2, 0.25) is 0 Å². The van der Waals surface area contributed by atoms with Gasteiger partial charge in [0.05, 0.1) is 6.04 Å². The van der Waals surface area contributed by atoms with Crippen molar-refractivity contribution < 1.29 is 38.7 Å². The molecule has 0 spiro atoms. The smallest absolute Gasteiger partial charge is 0.327 e. The van der Waals surface area contributed by atoms with Crippen molar-refractivity contribution in [2.75, 3.05) is 5.75 Å². The van der Waals surface area contributed by atoms with Gasteiger partial charge in [-0.2, -0.15) is 12.6 Å². The van der Waals surface area contributed by atoms with Crippen molar-refractivity contribution in [1.82, 2.24) is 16.0 Å². The van der Waals surface area contributed by atoms with E-state index >= 15 is 0 Å². The Balaban J connectivity index is 5.52. The van der Waals surface area contributed by atoms with E-state index < -0.39 is 65.6 Å². The molecule has 0 saturated carbocycles. The molecule has 0 unspecified atom stereocenters. The number of rotatable bonds is 17. The fourth-order valence-corrected chi connectivity index (χ4v) is 2.80. The third-order valence-corrected chi connectivity index (χ3v) is 4.83. The van der Waals surface area contributed by atoms with E-state index in [2.05, 4.69) is 28.6 Å². The van der Waals surface area contributed by atoms with Crippen LogP contribution in [0.1, 0.15) is 38.5 Å². The third-order valence-electron chi connectivity index (χ3n) is 4.46. The summed E-state index contributed by atoms with van der Waals surface area (Å²) in [6, 6.07) is -5.35. The molecule has 34 heavy (non-hydrogen) atoms. The number of hydrogen-bond acceptors (Lipinski definition) is 9. The van der Waals surface area contributed by atoms with Gasteiger partial charge in [-0.05, 0) is 19.3 Å². The number of amides is 6. The highest BCUT2D eigenvalue weighted by Gasteiger charge is 2.30. The minimum absolute atomic E-state index is 0.102. The van der Waals surface area contributed by atoms with Gasteiger partial charge in [0.2, 0.25) is 35.4 Å². The summed E-state index contributed by atoms with van der Waals surface area (Å²) in [5.74, 6) is -6.56. The zero-order valence-corrected chi connectivity index (χ0v) is 19.2. The molecular weight excluding hydrogens is 474 g/mol. The molecule has 0 aliphatic rings. The minimum atomic E-state index is -1.40. The Hall–Kier alpha value is -3.40. The molecule has 0 saturated heterocycles. The van der Waals surface area contributed by atoms with Crippen molar-refractivity contribution in [3.8, 4) is 0 Å². The Bertz CT molecular complexity index is 794. The van der Waals surface area contributed by atoms with E-state index in [4.69, 9.17) is 28.0 Å². The topological polar surface area (TPSA) is 280 Å². The van der Waals surface area contributed by atoms with Crippen LogP contribution in [0.3, 0.4) is 0 Å². The summed E-state index contributed by atoms with van der Waals surface area (Å²) in [5.41, 5.74) is 20.9. The van der Waals surface area contributed by atoms with Crippen molar-refractivity contribution in [3.63, 3.8) is 0 Å². The average Bonchev–Trinajstić information content (AvgIpc) is 2.74. The first-order chi connectivity index (χ1) is 15.8. The first-order valence-corrected chi connectivity index (χ1v) is 10.8. The normalized spacial score (nSPS) is 14.1. The van der Waals surface area contributed by atoms with Gasteiger partial charge in [-0.3, -0.25) is 28.8 Å². The fraction of sp³-hybridized carbons (Fsp3) is 0.611. The van der Waals surface area contributed by atoms with Gasteiger partial charge in [-0.1, -0.05) is 0 Å². The molecule has 0 aromatic rings. The van der Waals surface area contributed by atoms with Crippen molar-refractivity contribution >= 4 is 54.0 Å². The molecule has 6 amide bonds. The zero-order chi connectivity index (χ0) is 26.4. The number of carboxylic acid groups (broad SMARTS) is 1. The van der Waals surface area contributed by atoms with Gasteiger partial charge in [0.1, 0.15) is 18.1 Å². The van der Waals surface area contributed by atoms with Crippen LogP contribution in [0.5, 0.6) is 0 Å². The fourth-order valence-electron chi connectivity index (χ4n) is 2.55. The summed E-state index contributed by atoms with van der Waals surface area (Å²) in [4.78, 5) is 82.0. The quantitative estimate of drug-likeness (QED) is 0.0861. The molecule has 0 aromatic heterocycles. The lowest BCUT2D eigenvalue weighted by atomic mass is 10.1. The predicted molar refractivity (Wildman–Crippen MR) is 121 cm³/mol. The molecule has 0 aromatic carbocycles. The van der Waals surface area contributed by atoms with E-state index in [0.29, 0.717) is 0 Å². The molecule has 0 radical (unpaired) electrons. The van der Waals surface area contributed by atoms with E-state index in [-0.39, 0.29) is 44.3 Å². The van der Waals surface area contributed by atoms with Crippen LogP contribution in [-0.4, -0.2) is 76.4 Å². The van der Waals surface area contributed by atoms with Gasteiger partial charge in [-0.25, -0.2) is 4.79 Å². The molecule has 192 valence electrons. The standard InChI is InChI=1S/C18H31N7O8S/c19-8(1-4-12(20)26)15(29)23-9(2-5-13(21)27)16(30)24-10(3-6-14(22)28)17(31)25-11(7-34)18(32)33/h8-11,34H,1-7,19H2,(H2,20,26)(H2,21,27)(H2,22,28)(H,23,29)(H,24,30)(H,25,31)(H,32,33)/t8-,9-,10-,11-/m0/s1. The number of aliphatic carboxylic acids is 1. The summed E-state index contributed by atoms with van der Waals surface area (Å²) < 4.78 is 0. The number of carbonyl (C=O) groups is 7. The number of carbonyl (C=O) groups excluding carboxylic acids is 6. The Kier molecular flexibility index (Phi) is 13.9. The average molecular weight is 506 g/mol. The summed E-state index contributed by atoms with van der Waals surface area (Å²) in [6.45, 7) is 0. The first-order valence-electron chi connectivity index (χ1n) is 10.1. The number of thiol groups is 1. The molecule has 12 N–H and O–H groups in total. The number of nitrogens with two attached hydrogens (primary N) is 4. The second-order valence-electron chi connectivity index (χ2n) is 7.33. The van der Waals surface area contributed by atoms with Crippen molar-refractivity contribution in [2.45, 2.75) is 62.7 Å². The second-order valence-corrected chi connectivity index (χ2v) is 7.69. The molecule has 0 aliphatic carbocycles. The molecular formula is C18H31N7O8S. The van der Waals surface area contributed by atoms with Gasteiger partial charge in [0, 0.05) is 25.0 Å². The van der Waals surface area contributed by atoms with Crippen molar-refractivity contribution in [3.05, 3.63) is 0 Å². The zero-order valence-electron chi connectivity index (χ0n) is 18.3. The van der Waals surface area contributed by atoms with Crippen LogP contribution in [0.15, 0.2) is 0 Å². The third kappa shape index (κ3) is 12.6. The molecule has 0 bridgehead atoms. The monoisotopic (exact) mass is 505 g/mol. The lowest BCUT2D eigenvalue weighted by Crippen LogP contribution is -2.57. The van der Waals surface area contributed by atoms with Crippen molar-refractivity contribution in [2.24, 2.45) is 22.9 Å². The Morgan fingerprint density at radius 2 is 1.00 bits per heavy atom. The van der Waals surface area contributed by atoms with E-state index in [1.54, 1.807) is 0 Å². The number of carboxylic acids is 1. The second kappa shape index (κ2) is 15.4. The molecule has 0 aliphatic heterocycles. The molecule has 4 atom stereocenters. The first kappa shape index (κ1) is 30.6. The highest BCUT2D eigenvalue weighted by atomic mass is 32.1. The van der Waals surface area contributed by atoms with Gasteiger partial charge in [-0.15, -0.1) is 0 Å². The molecule has 16 heteroatoms. The predicted octanol–water partition coefficient (Wildman–Crippen LogP) is -4.42. The molecule has 0 rings (SSSR count). The molecule has 15 nitrogen and oxygen atoms in total. The minimum Gasteiger partial charge on any atom is -0.480 e. The van der Waals surface area contributed by atoms with Crippen LogP contribution in [0.4, 0.5) is 0 Å². The van der Waals surface area contributed by atoms with Gasteiger partial charge in [0.15, 0.2) is 0 Å². The highest BCUT2D eigenvalue weighted by Crippen LogP contribution is 2.05. The van der Waals surface area contributed by atoms with Gasteiger partial charge >= 0.3 is 5.97 Å². The molecule has 0 fully saturated rings. The van der Waals surface area contributed by atoms with Crippen LogP contribution < -0.4 is 38.9 Å². The summed E-state index contributed by atoms with van der Waals surface area (Å²) in [5, 5.41) is 15.9. The van der Waals surface area contributed by atoms with E-state index in [1.165, 1.54) is 0 Å².